The van der Waals surface area contributed by atoms with Crippen molar-refractivity contribution >= 4 is 24.0 Å². The Kier molecular flexibility index (Phi) is 8.01. The first-order valence-corrected chi connectivity index (χ1v) is 8.92. The summed E-state index contributed by atoms with van der Waals surface area (Å²) in [5.74, 6) is 1.11. The molecule has 0 N–H and O–H groups in total. The molecule has 1 fully saturated rings. The van der Waals surface area contributed by atoms with Gasteiger partial charge in [-0.05, 0) is 80.2 Å². The molecule has 5 heteroatoms. The molecule has 0 saturated carbocycles. The Labute approximate surface area is 160 Å². The van der Waals surface area contributed by atoms with Crippen molar-refractivity contribution in [2.75, 3.05) is 26.2 Å². The summed E-state index contributed by atoms with van der Waals surface area (Å²) in [6.45, 7) is 4.04. The third-order valence-electron chi connectivity index (χ3n) is 4.64. The van der Waals surface area contributed by atoms with Gasteiger partial charge in [0.2, 0.25) is 0 Å². The monoisotopic (exact) mass is 383 g/mol. The van der Waals surface area contributed by atoms with Crippen LogP contribution >= 0.6 is 24.0 Å². The lowest BCUT2D eigenvalue weighted by molar-refractivity contribution is 0.142. The van der Waals surface area contributed by atoms with Gasteiger partial charge in [0.25, 0.3) is 0 Å². The van der Waals surface area contributed by atoms with Gasteiger partial charge in [-0.25, -0.2) is 4.39 Å². The molecule has 0 bridgehead atoms. The molecule has 0 amide bonds. The Morgan fingerprint density at radius 1 is 1.00 bits per heavy atom. The minimum absolute atomic E-state index is 0. The lowest BCUT2D eigenvalue weighted by Crippen LogP contribution is -2.36. The Morgan fingerprint density at radius 2 is 1.64 bits per heavy atom. The smallest absolute Gasteiger partial charge is 0.123 e. The van der Waals surface area contributed by atoms with Crippen LogP contribution in [0.3, 0.4) is 0 Å². The molecule has 1 aliphatic rings. The van der Waals surface area contributed by atoms with Crippen molar-refractivity contribution in [2.24, 2.45) is 5.92 Å². The van der Waals surface area contributed by atoms with Crippen LogP contribution in [0.25, 0.3) is 0 Å². The average molecular weight is 384 g/mol. The van der Waals surface area contributed by atoms with Crippen LogP contribution in [0.15, 0.2) is 48.5 Å². The first kappa shape index (κ1) is 20.0. The molecule has 0 spiro atoms. The van der Waals surface area contributed by atoms with E-state index in [1.54, 1.807) is 12.1 Å². The number of benzene rings is 2. The third kappa shape index (κ3) is 6.50. The molecule has 1 saturated heterocycles. The fourth-order valence-electron chi connectivity index (χ4n) is 3.06. The van der Waals surface area contributed by atoms with E-state index in [0.717, 1.165) is 56.3 Å². The van der Waals surface area contributed by atoms with Gasteiger partial charge in [0.1, 0.15) is 11.6 Å². The Balaban J connectivity index is 0.00000225. The van der Waals surface area contributed by atoms with Crippen molar-refractivity contribution < 1.29 is 9.13 Å². The number of nitrogens with zero attached hydrogens (tertiary/aromatic N) is 1. The lowest BCUT2D eigenvalue weighted by atomic mass is 9.97. The van der Waals surface area contributed by atoms with Crippen molar-refractivity contribution in [1.82, 2.24) is 4.90 Å². The van der Waals surface area contributed by atoms with Crippen molar-refractivity contribution in [3.8, 4) is 5.75 Å². The third-order valence-corrected chi connectivity index (χ3v) is 4.89. The minimum Gasteiger partial charge on any atom is -0.493 e. The predicted molar refractivity (Wildman–Crippen MR) is 103 cm³/mol. The van der Waals surface area contributed by atoms with Gasteiger partial charge in [-0.3, -0.25) is 0 Å². The highest BCUT2D eigenvalue weighted by molar-refractivity contribution is 6.30. The minimum atomic E-state index is -0.226. The molecular weight excluding hydrogens is 360 g/mol. The van der Waals surface area contributed by atoms with E-state index in [1.165, 1.54) is 17.7 Å². The molecular formula is C20H24Cl2FNO. The fraction of sp³-hybridized carbons (Fsp3) is 0.400. The van der Waals surface area contributed by atoms with Crippen LogP contribution in [0.5, 0.6) is 5.75 Å². The standard InChI is InChI=1S/C20H23ClFNO.ClH/c21-18-3-1-16(2-4-18)9-12-23-13-10-17(11-14-23)15-24-20-7-5-19(22)6-8-20;/h1-8,17H,9-15H2;1H. The summed E-state index contributed by atoms with van der Waals surface area (Å²) in [5, 5.41) is 0.792. The van der Waals surface area contributed by atoms with Crippen LogP contribution in [-0.4, -0.2) is 31.1 Å². The van der Waals surface area contributed by atoms with E-state index in [1.807, 2.05) is 12.1 Å². The molecule has 3 rings (SSSR count). The molecule has 2 aromatic rings. The van der Waals surface area contributed by atoms with Gasteiger partial charge in [0.15, 0.2) is 0 Å². The number of halogens is 3. The Hall–Kier alpha value is -1.29. The summed E-state index contributed by atoms with van der Waals surface area (Å²) >= 11 is 5.92. The van der Waals surface area contributed by atoms with Gasteiger partial charge >= 0.3 is 0 Å². The second kappa shape index (κ2) is 10.0. The van der Waals surface area contributed by atoms with Crippen molar-refractivity contribution in [3.05, 3.63) is 64.9 Å². The molecule has 2 aromatic carbocycles. The quantitative estimate of drug-likeness (QED) is 0.676. The molecule has 1 heterocycles. The fourth-order valence-corrected chi connectivity index (χ4v) is 3.19. The maximum Gasteiger partial charge on any atom is 0.123 e. The summed E-state index contributed by atoms with van der Waals surface area (Å²) in [6, 6.07) is 14.4. The van der Waals surface area contributed by atoms with E-state index >= 15 is 0 Å². The van der Waals surface area contributed by atoms with Gasteiger partial charge in [-0.1, -0.05) is 23.7 Å². The van der Waals surface area contributed by atoms with Gasteiger partial charge in [0, 0.05) is 11.6 Å². The zero-order valence-electron chi connectivity index (χ0n) is 14.2. The predicted octanol–water partition coefficient (Wildman–Crippen LogP) is 5.23. The second-order valence-corrected chi connectivity index (χ2v) is 6.86. The number of ether oxygens (including phenoxy) is 1. The summed E-state index contributed by atoms with van der Waals surface area (Å²) in [5.41, 5.74) is 1.33. The summed E-state index contributed by atoms with van der Waals surface area (Å²) in [4.78, 5) is 2.52. The topological polar surface area (TPSA) is 12.5 Å². The van der Waals surface area contributed by atoms with Crippen LogP contribution in [-0.2, 0) is 6.42 Å². The number of hydrogen-bond donors (Lipinski definition) is 0. The zero-order chi connectivity index (χ0) is 16.8. The van der Waals surface area contributed by atoms with E-state index in [9.17, 15) is 4.39 Å². The Morgan fingerprint density at radius 3 is 2.28 bits per heavy atom. The normalized spacial score (nSPS) is 15.6. The summed E-state index contributed by atoms with van der Waals surface area (Å²) < 4.78 is 18.7. The highest BCUT2D eigenvalue weighted by Crippen LogP contribution is 2.20. The average Bonchev–Trinajstić information content (AvgIpc) is 2.62. The maximum atomic E-state index is 12.9. The number of hydrogen-bond acceptors (Lipinski definition) is 2. The van der Waals surface area contributed by atoms with E-state index in [4.69, 9.17) is 16.3 Å². The molecule has 0 atom stereocenters. The van der Waals surface area contributed by atoms with E-state index in [-0.39, 0.29) is 18.2 Å². The molecule has 1 aliphatic heterocycles. The van der Waals surface area contributed by atoms with Gasteiger partial charge in [-0.2, -0.15) is 0 Å². The van der Waals surface area contributed by atoms with Gasteiger partial charge < -0.3 is 9.64 Å². The molecule has 0 unspecified atom stereocenters. The van der Waals surface area contributed by atoms with Crippen LogP contribution in [0.2, 0.25) is 5.02 Å². The molecule has 0 aliphatic carbocycles. The summed E-state index contributed by atoms with van der Waals surface area (Å²) in [6.07, 6.45) is 3.37. The highest BCUT2D eigenvalue weighted by atomic mass is 35.5. The van der Waals surface area contributed by atoms with Crippen LogP contribution in [0.4, 0.5) is 4.39 Å². The zero-order valence-corrected chi connectivity index (χ0v) is 15.7. The van der Waals surface area contributed by atoms with Gasteiger partial charge in [-0.15, -0.1) is 12.4 Å². The second-order valence-electron chi connectivity index (χ2n) is 6.43. The van der Waals surface area contributed by atoms with Gasteiger partial charge in [0.05, 0.1) is 6.61 Å². The maximum absolute atomic E-state index is 12.9. The highest BCUT2D eigenvalue weighted by Gasteiger charge is 2.19. The number of likely N-dealkylation sites (tertiary alicyclic amines) is 1. The lowest BCUT2D eigenvalue weighted by Gasteiger charge is -2.31. The molecule has 136 valence electrons. The largest absolute Gasteiger partial charge is 0.493 e. The van der Waals surface area contributed by atoms with Crippen molar-refractivity contribution in [1.29, 1.82) is 0 Å². The van der Waals surface area contributed by atoms with E-state index in [2.05, 4.69) is 17.0 Å². The van der Waals surface area contributed by atoms with Crippen LogP contribution in [0, 0.1) is 11.7 Å². The van der Waals surface area contributed by atoms with Crippen molar-refractivity contribution in [2.45, 2.75) is 19.3 Å². The van der Waals surface area contributed by atoms with Crippen molar-refractivity contribution in [3.63, 3.8) is 0 Å². The summed E-state index contributed by atoms with van der Waals surface area (Å²) in [7, 11) is 0. The van der Waals surface area contributed by atoms with Crippen LogP contribution in [0.1, 0.15) is 18.4 Å². The molecule has 0 aromatic heterocycles. The molecule has 25 heavy (non-hydrogen) atoms. The molecule has 2 nitrogen and oxygen atoms in total. The first-order valence-electron chi connectivity index (χ1n) is 8.54. The SMILES string of the molecule is Cl.Fc1ccc(OCC2CCN(CCc3ccc(Cl)cc3)CC2)cc1. The van der Waals surface area contributed by atoms with Crippen LogP contribution < -0.4 is 4.74 Å². The van der Waals surface area contributed by atoms with E-state index < -0.39 is 0 Å². The Bertz CT molecular complexity index is 568. The number of rotatable bonds is 6. The molecule has 0 radical (unpaired) electrons. The first-order chi connectivity index (χ1) is 11.7. The van der Waals surface area contributed by atoms with E-state index in [0.29, 0.717) is 5.92 Å². The number of piperidine rings is 1.